The average Bonchev–Trinajstić information content (AvgIpc) is 3.22. The van der Waals surface area contributed by atoms with Crippen molar-refractivity contribution < 1.29 is 10.2 Å². The lowest BCUT2D eigenvalue weighted by atomic mass is 9.72. The molecule has 0 unspecified atom stereocenters. The fourth-order valence-corrected chi connectivity index (χ4v) is 8.18. The van der Waals surface area contributed by atoms with Gasteiger partial charge in [-0.2, -0.15) is 0 Å². The molecule has 296 valence electrons. The predicted molar refractivity (Wildman–Crippen MR) is 239 cm³/mol. The predicted octanol–water partition coefficient (Wildman–Crippen LogP) is 11.7. The van der Waals surface area contributed by atoms with E-state index >= 15 is 0 Å². The van der Waals surface area contributed by atoms with E-state index in [1.807, 2.05) is 12.1 Å². The fraction of sp³-hybridized carbons (Fsp3) is 0.321. The molecule has 4 N–H and O–H groups in total. The largest absolute Gasteiger partial charge is 0.507 e. The monoisotopic (exact) mass is 758 g/mol. The zero-order valence-corrected chi connectivity index (χ0v) is 35.3. The zero-order valence-electron chi connectivity index (χ0n) is 35.3. The lowest BCUT2D eigenvalue weighted by Gasteiger charge is -2.32. The van der Waals surface area contributed by atoms with Crippen LogP contribution in [0.3, 0.4) is 0 Å². The standard InChI is InChI=1S/C53H62N2O2/c1-50(2,40-22-13-9-14-23-40)44-32-38(48(56)46(34-44)52(5,6)42-26-17-11-18-27-42)36-54-30-21-31-55-37-39-33-45(51(3,4)41-24-15-10-16-25-41)35-47(49(39)57)53(7,8)43-28-19-12-20-29-43/h9-20,22-29,32-35,54-57H,21,30-31,36-37H2,1-8H3. The summed E-state index contributed by atoms with van der Waals surface area (Å²) >= 11 is 0. The molecular formula is C53H62N2O2. The van der Waals surface area contributed by atoms with E-state index in [1.165, 1.54) is 22.3 Å². The molecule has 57 heavy (non-hydrogen) atoms. The van der Waals surface area contributed by atoms with Crippen LogP contribution >= 0.6 is 0 Å². The van der Waals surface area contributed by atoms with Crippen molar-refractivity contribution in [1.29, 1.82) is 0 Å². The minimum absolute atomic E-state index is 0.259. The topological polar surface area (TPSA) is 64.5 Å². The van der Waals surface area contributed by atoms with E-state index in [2.05, 4.69) is 199 Å². The molecule has 4 nitrogen and oxygen atoms in total. The molecular weight excluding hydrogens is 697 g/mol. The van der Waals surface area contributed by atoms with Crippen LogP contribution in [0.4, 0.5) is 0 Å². The van der Waals surface area contributed by atoms with Crippen LogP contribution in [-0.2, 0) is 34.7 Å². The van der Waals surface area contributed by atoms with E-state index in [4.69, 9.17) is 0 Å². The highest BCUT2D eigenvalue weighted by Crippen LogP contribution is 2.44. The molecule has 0 spiro atoms. The van der Waals surface area contributed by atoms with E-state index < -0.39 is 10.8 Å². The quantitative estimate of drug-likeness (QED) is 0.0742. The number of hydrogen-bond donors (Lipinski definition) is 4. The molecule has 0 heterocycles. The Labute approximate surface area is 342 Å². The Bertz CT molecular complexity index is 2060. The van der Waals surface area contributed by atoms with Crippen molar-refractivity contribution >= 4 is 0 Å². The summed E-state index contributed by atoms with van der Waals surface area (Å²) in [7, 11) is 0. The smallest absolute Gasteiger partial charge is 0.124 e. The molecule has 0 aromatic heterocycles. The van der Waals surface area contributed by atoms with E-state index in [0.29, 0.717) is 24.6 Å². The molecule has 6 rings (SSSR count). The first-order valence-electron chi connectivity index (χ1n) is 20.5. The Kier molecular flexibility index (Phi) is 12.5. The van der Waals surface area contributed by atoms with Gasteiger partial charge in [-0.1, -0.05) is 189 Å². The molecule has 0 aliphatic rings. The summed E-state index contributed by atoms with van der Waals surface area (Å²) in [5.41, 5.74) is 9.50. The number of hydrogen-bond acceptors (Lipinski definition) is 4. The lowest BCUT2D eigenvalue weighted by molar-refractivity contribution is 0.440. The Morgan fingerprint density at radius 2 is 0.649 bits per heavy atom. The highest BCUT2D eigenvalue weighted by atomic mass is 16.3. The summed E-state index contributed by atoms with van der Waals surface area (Å²) in [6.45, 7) is 20.5. The van der Waals surface area contributed by atoms with Gasteiger partial charge in [0.05, 0.1) is 0 Å². The van der Waals surface area contributed by atoms with Crippen LogP contribution in [0.5, 0.6) is 11.5 Å². The van der Waals surface area contributed by atoms with E-state index in [1.54, 1.807) is 0 Å². The van der Waals surface area contributed by atoms with E-state index in [-0.39, 0.29) is 10.8 Å². The van der Waals surface area contributed by atoms with Crippen molar-refractivity contribution in [3.8, 4) is 11.5 Å². The van der Waals surface area contributed by atoms with Crippen LogP contribution < -0.4 is 10.6 Å². The number of phenols is 2. The Morgan fingerprint density at radius 1 is 0.368 bits per heavy atom. The van der Waals surface area contributed by atoms with Gasteiger partial charge in [0.25, 0.3) is 0 Å². The summed E-state index contributed by atoms with van der Waals surface area (Å²) in [5, 5.41) is 31.0. The van der Waals surface area contributed by atoms with Crippen molar-refractivity contribution in [2.45, 2.75) is 96.6 Å². The normalized spacial score (nSPS) is 12.5. The van der Waals surface area contributed by atoms with Crippen LogP contribution in [0.15, 0.2) is 146 Å². The molecule has 0 saturated carbocycles. The molecule has 0 bridgehead atoms. The average molecular weight is 759 g/mol. The van der Waals surface area contributed by atoms with Crippen molar-refractivity contribution in [3.63, 3.8) is 0 Å². The van der Waals surface area contributed by atoms with Crippen LogP contribution in [-0.4, -0.2) is 23.3 Å². The Balaban J connectivity index is 1.18. The second kappa shape index (κ2) is 17.1. The first-order valence-corrected chi connectivity index (χ1v) is 20.5. The van der Waals surface area contributed by atoms with Gasteiger partial charge in [0.2, 0.25) is 0 Å². The Hall–Kier alpha value is -5.16. The van der Waals surface area contributed by atoms with Gasteiger partial charge in [-0.05, 0) is 65.0 Å². The number of rotatable bonds is 16. The maximum atomic E-state index is 11.9. The molecule has 0 radical (unpaired) electrons. The Morgan fingerprint density at radius 3 is 0.947 bits per heavy atom. The highest BCUT2D eigenvalue weighted by Gasteiger charge is 2.33. The van der Waals surface area contributed by atoms with Crippen molar-refractivity contribution in [2.24, 2.45) is 0 Å². The van der Waals surface area contributed by atoms with E-state index in [9.17, 15) is 10.2 Å². The molecule has 0 saturated heterocycles. The third-order valence-corrected chi connectivity index (χ3v) is 12.5. The van der Waals surface area contributed by atoms with Crippen LogP contribution in [0.25, 0.3) is 0 Å². The van der Waals surface area contributed by atoms with Gasteiger partial charge in [0.15, 0.2) is 0 Å². The van der Waals surface area contributed by atoms with Crippen molar-refractivity contribution in [1.82, 2.24) is 10.6 Å². The summed E-state index contributed by atoms with van der Waals surface area (Å²) in [4.78, 5) is 0. The van der Waals surface area contributed by atoms with Gasteiger partial charge in [-0.15, -0.1) is 0 Å². The third kappa shape index (κ3) is 8.88. The third-order valence-electron chi connectivity index (χ3n) is 12.5. The van der Waals surface area contributed by atoms with Crippen molar-refractivity contribution in [3.05, 3.63) is 201 Å². The number of phenolic OH excluding ortho intramolecular Hbond substituents is 2. The molecule has 0 aliphatic heterocycles. The first-order chi connectivity index (χ1) is 27.1. The SMILES string of the molecule is CC(C)(c1ccccc1)c1cc(CNCCCNCc2cc(C(C)(C)c3ccccc3)cc(C(C)(C)c3ccccc3)c2O)c(O)c(C(C)(C)c2ccccc2)c1. The second-order valence-corrected chi connectivity index (χ2v) is 17.7. The first kappa shape index (κ1) is 41.5. The number of benzene rings is 6. The molecule has 0 atom stereocenters. The van der Waals surface area contributed by atoms with Gasteiger partial charge >= 0.3 is 0 Å². The van der Waals surface area contributed by atoms with Gasteiger partial charge in [0.1, 0.15) is 11.5 Å². The molecule has 0 fully saturated rings. The molecule has 6 aromatic rings. The van der Waals surface area contributed by atoms with Gasteiger partial charge in [-0.3, -0.25) is 0 Å². The minimum atomic E-state index is -0.401. The highest BCUT2D eigenvalue weighted by molar-refractivity contribution is 5.56. The second-order valence-electron chi connectivity index (χ2n) is 17.7. The van der Waals surface area contributed by atoms with Gasteiger partial charge < -0.3 is 20.8 Å². The minimum Gasteiger partial charge on any atom is -0.507 e. The number of nitrogens with one attached hydrogen (secondary N) is 2. The van der Waals surface area contributed by atoms with Crippen LogP contribution in [0, 0.1) is 0 Å². The molecule has 4 heteroatoms. The van der Waals surface area contributed by atoms with Crippen molar-refractivity contribution in [2.75, 3.05) is 13.1 Å². The summed E-state index contributed by atoms with van der Waals surface area (Å²) in [6.07, 6.45) is 0.886. The summed E-state index contributed by atoms with van der Waals surface area (Å²) in [6, 6.07) is 50.9. The van der Waals surface area contributed by atoms with Gasteiger partial charge in [0, 0.05) is 57.0 Å². The summed E-state index contributed by atoms with van der Waals surface area (Å²) in [5.74, 6) is 0.704. The van der Waals surface area contributed by atoms with Crippen LogP contribution in [0.1, 0.15) is 117 Å². The van der Waals surface area contributed by atoms with Crippen LogP contribution in [0.2, 0.25) is 0 Å². The van der Waals surface area contributed by atoms with Gasteiger partial charge in [-0.25, -0.2) is 0 Å². The molecule has 0 aliphatic carbocycles. The maximum Gasteiger partial charge on any atom is 0.124 e. The maximum absolute atomic E-state index is 11.9. The molecule has 0 amide bonds. The fourth-order valence-electron chi connectivity index (χ4n) is 8.18. The van der Waals surface area contributed by atoms with E-state index in [0.717, 1.165) is 52.9 Å². The number of aromatic hydroxyl groups is 2. The zero-order chi connectivity index (χ0) is 40.8. The lowest BCUT2D eigenvalue weighted by Crippen LogP contribution is -2.26. The summed E-state index contributed by atoms with van der Waals surface area (Å²) < 4.78 is 0. The molecule has 6 aromatic carbocycles.